The van der Waals surface area contributed by atoms with Crippen molar-refractivity contribution in [3.05, 3.63) is 52.6 Å². The highest BCUT2D eigenvalue weighted by Crippen LogP contribution is 2.36. The topological polar surface area (TPSA) is 68.0 Å². The van der Waals surface area contributed by atoms with Gasteiger partial charge in [0.2, 0.25) is 0 Å². The second kappa shape index (κ2) is 5.11. The van der Waals surface area contributed by atoms with Crippen LogP contribution in [0.25, 0.3) is 10.1 Å². The molecule has 0 fully saturated rings. The minimum absolute atomic E-state index is 0.456. The Bertz CT molecular complexity index is 783. The fourth-order valence-corrected chi connectivity index (χ4v) is 3.03. The Kier molecular flexibility index (Phi) is 3.30. The third kappa shape index (κ3) is 2.33. The van der Waals surface area contributed by atoms with E-state index in [4.69, 9.17) is 17.3 Å². The zero-order valence-electron chi connectivity index (χ0n) is 10.3. The molecule has 20 heavy (non-hydrogen) atoms. The SMILES string of the molecule is NC(=O)c1sc2cnccc2c1Nc1ccc(Cl)cc1. The smallest absolute Gasteiger partial charge is 0.260 e. The number of hydrogen-bond donors (Lipinski definition) is 2. The predicted molar refractivity (Wildman–Crippen MR) is 82.9 cm³/mol. The first kappa shape index (κ1) is 12.9. The van der Waals surface area contributed by atoms with Crippen LogP contribution >= 0.6 is 22.9 Å². The van der Waals surface area contributed by atoms with E-state index in [1.54, 1.807) is 24.5 Å². The van der Waals surface area contributed by atoms with Gasteiger partial charge in [-0.3, -0.25) is 9.78 Å². The Morgan fingerprint density at radius 2 is 2.00 bits per heavy atom. The Morgan fingerprint density at radius 3 is 2.70 bits per heavy atom. The minimum atomic E-state index is -0.456. The van der Waals surface area contributed by atoms with Gasteiger partial charge in [0, 0.05) is 28.5 Å². The van der Waals surface area contributed by atoms with Crippen LogP contribution in [-0.4, -0.2) is 10.9 Å². The number of nitrogens with zero attached hydrogens (tertiary/aromatic N) is 1. The first-order valence-corrected chi connectivity index (χ1v) is 7.03. The molecule has 1 amide bonds. The molecule has 4 nitrogen and oxygen atoms in total. The van der Waals surface area contributed by atoms with Crippen LogP contribution in [0.15, 0.2) is 42.7 Å². The molecule has 1 aromatic carbocycles. The van der Waals surface area contributed by atoms with E-state index >= 15 is 0 Å². The van der Waals surface area contributed by atoms with Crippen molar-refractivity contribution in [2.45, 2.75) is 0 Å². The van der Waals surface area contributed by atoms with Crippen LogP contribution in [0.1, 0.15) is 9.67 Å². The van der Waals surface area contributed by atoms with Crippen molar-refractivity contribution in [2.24, 2.45) is 5.73 Å². The van der Waals surface area contributed by atoms with Crippen molar-refractivity contribution >= 4 is 50.3 Å². The number of primary amides is 1. The van der Waals surface area contributed by atoms with Gasteiger partial charge in [-0.25, -0.2) is 0 Å². The molecule has 0 saturated carbocycles. The second-order valence-electron chi connectivity index (χ2n) is 4.17. The summed E-state index contributed by atoms with van der Waals surface area (Å²) in [7, 11) is 0. The largest absolute Gasteiger partial charge is 0.365 e. The summed E-state index contributed by atoms with van der Waals surface area (Å²) < 4.78 is 0.915. The van der Waals surface area contributed by atoms with E-state index in [1.807, 2.05) is 18.2 Å². The van der Waals surface area contributed by atoms with Gasteiger partial charge in [0.15, 0.2) is 0 Å². The molecule has 0 aliphatic carbocycles. The predicted octanol–water partition coefficient (Wildman–Crippen LogP) is 3.79. The molecule has 0 saturated heterocycles. The van der Waals surface area contributed by atoms with E-state index < -0.39 is 5.91 Å². The highest BCUT2D eigenvalue weighted by Gasteiger charge is 2.16. The molecule has 3 rings (SSSR count). The lowest BCUT2D eigenvalue weighted by atomic mass is 10.2. The van der Waals surface area contributed by atoms with Crippen LogP contribution in [0.2, 0.25) is 5.02 Å². The number of carbonyl (C=O) groups is 1. The normalized spacial score (nSPS) is 10.7. The quantitative estimate of drug-likeness (QED) is 0.773. The Hall–Kier alpha value is -2.11. The first-order chi connectivity index (χ1) is 9.65. The fraction of sp³-hybridized carbons (Fsp3) is 0. The molecule has 3 aromatic rings. The summed E-state index contributed by atoms with van der Waals surface area (Å²) in [6.07, 6.45) is 3.41. The fourth-order valence-electron chi connectivity index (χ4n) is 1.93. The van der Waals surface area contributed by atoms with Gasteiger partial charge < -0.3 is 11.1 Å². The molecule has 2 heterocycles. The highest BCUT2D eigenvalue weighted by molar-refractivity contribution is 7.21. The average molecular weight is 304 g/mol. The number of thiophene rings is 1. The molecule has 0 bridgehead atoms. The van der Waals surface area contributed by atoms with Crippen molar-refractivity contribution in [2.75, 3.05) is 5.32 Å². The van der Waals surface area contributed by atoms with Crippen LogP contribution in [-0.2, 0) is 0 Å². The Balaban J connectivity index is 2.11. The number of halogens is 1. The number of fused-ring (bicyclic) bond motifs is 1. The van der Waals surface area contributed by atoms with Crippen LogP contribution in [0.4, 0.5) is 11.4 Å². The van der Waals surface area contributed by atoms with Gasteiger partial charge in [-0.15, -0.1) is 11.3 Å². The number of hydrogen-bond acceptors (Lipinski definition) is 4. The van der Waals surface area contributed by atoms with Crippen molar-refractivity contribution < 1.29 is 4.79 Å². The van der Waals surface area contributed by atoms with Crippen molar-refractivity contribution in [1.82, 2.24) is 4.98 Å². The van der Waals surface area contributed by atoms with Crippen LogP contribution < -0.4 is 11.1 Å². The summed E-state index contributed by atoms with van der Waals surface area (Å²) in [4.78, 5) is 16.1. The summed E-state index contributed by atoms with van der Waals surface area (Å²) in [6, 6.07) is 9.11. The number of rotatable bonds is 3. The van der Waals surface area contributed by atoms with Gasteiger partial charge in [-0.05, 0) is 30.3 Å². The van der Waals surface area contributed by atoms with Gasteiger partial charge in [-0.2, -0.15) is 0 Å². The van der Waals surface area contributed by atoms with E-state index in [2.05, 4.69) is 10.3 Å². The monoisotopic (exact) mass is 303 g/mol. The summed E-state index contributed by atoms with van der Waals surface area (Å²) >= 11 is 7.19. The lowest BCUT2D eigenvalue weighted by molar-refractivity contribution is 0.100. The van der Waals surface area contributed by atoms with E-state index in [-0.39, 0.29) is 0 Å². The number of nitrogens with one attached hydrogen (secondary N) is 1. The van der Waals surface area contributed by atoms with Gasteiger partial charge in [0.05, 0.1) is 10.4 Å². The first-order valence-electron chi connectivity index (χ1n) is 5.84. The molecule has 0 unspecified atom stereocenters. The molecule has 0 radical (unpaired) electrons. The molecular formula is C14H10ClN3OS. The lowest BCUT2D eigenvalue weighted by Gasteiger charge is -2.07. The maximum absolute atomic E-state index is 11.6. The number of aromatic nitrogens is 1. The molecule has 3 N–H and O–H groups in total. The van der Waals surface area contributed by atoms with Gasteiger partial charge in [-0.1, -0.05) is 11.6 Å². The van der Waals surface area contributed by atoms with E-state index in [0.717, 1.165) is 15.8 Å². The molecule has 100 valence electrons. The molecule has 6 heteroatoms. The van der Waals surface area contributed by atoms with Gasteiger partial charge in [0.1, 0.15) is 4.88 Å². The number of anilines is 2. The number of nitrogens with two attached hydrogens (primary N) is 1. The minimum Gasteiger partial charge on any atom is -0.365 e. The molecular weight excluding hydrogens is 294 g/mol. The maximum atomic E-state index is 11.6. The van der Waals surface area contributed by atoms with Crippen molar-refractivity contribution in [3.8, 4) is 0 Å². The molecule has 0 aliphatic heterocycles. The molecule has 0 aliphatic rings. The lowest BCUT2D eigenvalue weighted by Crippen LogP contribution is -2.10. The Morgan fingerprint density at radius 1 is 1.25 bits per heavy atom. The van der Waals surface area contributed by atoms with Crippen molar-refractivity contribution in [1.29, 1.82) is 0 Å². The summed E-state index contributed by atoms with van der Waals surface area (Å²) in [5, 5.41) is 4.81. The maximum Gasteiger partial charge on any atom is 0.260 e. The molecule has 2 aromatic heterocycles. The zero-order valence-corrected chi connectivity index (χ0v) is 11.8. The molecule has 0 spiro atoms. The number of benzene rings is 1. The van der Waals surface area contributed by atoms with Crippen LogP contribution in [0.3, 0.4) is 0 Å². The van der Waals surface area contributed by atoms with Gasteiger partial charge in [0.25, 0.3) is 5.91 Å². The van der Waals surface area contributed by atoms with Crippen molar-refractivity contribution in [3.63, 3.8) is 0 Å². The van der Waals surface area contributed by atoms with E-state index in [0.29, 0.717) is 15.6 Å². The number of amides is 1. The Labute approximate surface area is 124 Å². The second-order valence-corrected chi connectivity index (χ2v) is 5.66. The standard InChI is InChI=1S/C14H10ClN3OS/c15-8-1-3-9(4-2-8)18-12-10-5-6-17-7-11(10)20-13(12)14(16)19/h1-7,18H,(H2,16,19). The number of carbonyl (C=O) groups excluding carboxylic acids is 1. The third-order valence-electron chi connectivity index (χ3n) is 2.83. The zero-order chi connectivity index (χ0) is 14.1. The summed E-state index contributed by atoms with van der Waals surface area (Å²) in [5.74, 6) is -0.456. The van der Waals surface area contributed by atoms with Crippen LogP contribution in [0, 0.1) is 0 Å². The summed E-state index contributed by atoms with van der Waals surface area (Å²) in [6.45, 7) is 0. The highest BCUT2D eigenvalue weighted by atomic mass is 35.5. The average Bonchev–Trinajstić information content (AvgIpc) is 2.81. The van der Waals surface area contributed by atoms with E-state index in [9.17, 15) is 4.79 Å². The van der Waals surface area contributed by atoms with Crippen LogP contribution in [0.5, 0.6) is 0 Å². The van der Waals surface area contributed by atoms with E-state index in [1.165, 1.54) is 11.3 Å². The molecule has 0 atom stereocenters. The third-order valence-corrected chi connectivity index (χ3v) is 4.24. The van der Waals surface area contributed by atoms with Gasteiger partial charge >= 0.3 is 0 Å². The summed E-state index contributed by atoms with van der Waals surface area (Å²) in [5.41, 5.74) is 7.00. The number of pyridine rings is 1.